The molecule has 0 bridgehead atoms. The van der Waals surface area contributed by atoms with Crippen molar-refractivity contribution in [3.8, 4) is 11.1 Å². The van der Waals surface area contributed by atoms with E-state index in [-0.39, 0.29) is 6.71 Å². The lowest BCUT2D eigenvalue weighted by Gasteiger charge is -2.36. The fraction of sp³-hybridized carbons (Fsp3) is 0. The van der Waals surface area contributed by atoms with Gasteiger partial charge in [0.25, 0.3) is 6.71 Å². The number of nitrogens with zero attached hydrogens (tertiary/aromatic N) is 2. The molecule has 0 fully saturated rings. The van der Waals surface area contributed by atoms with Crippen LogP contribution in [0.15, 0.2) is 152 Å². The van der Waals surface area contributed by atoms with Gasteiger partial charge in [0, 0.05) is 34.1 Å². The van der Waals surface area contributed by atoms with Crippen LogP contribution in [0.5, 0.6) is 0 Å². The standard InChI is InChI=1S/C36H25BN2/c1-4-14-26(15-5-1)38(27-16-6-2-7-17-27)33-24-12-20-29-30-21-13-25-34-36(30)37(35(29)33)31-22-10-11-23-32(31)39(34)28-18-8-3-9-19-28/h1-25H. The van der Waals surface area contributed by atoms with Gasteiger partial charge in [0.1, 0.15) is 0 Å². The molecule has 0 amide bonds. The van der Waals surface area contributed by atoms with E-state index in [2.05, 4.69) is 161 Å². The van der Waals surface area contributed by atoms with E-state index in [0.717, 1.165) is 11.4 Å². The summed E-state index contributed by atoms with van der Waals surface area (Å²) >= 11 is 0. The highest BCUT2D eigenvalue weighted by Gasteiger charge is 2.44. The van der Waals surface area contributed by atoms with Gasteiger partial charge in [-0.2, -0.15) is 0 Å². The molecule has 0 atom stereocenters. The van der Waals surface area contributed by atoms with Crippen LogP contribution in [-0.4, -0.2) is 6.71 Å². The second-order valence-electron chi connectivity index (χ2n) is 10.1. The molecule has 0 aliphatic carbocycles. The molecule has 3 heteroatoms. The first-order valence-corrected chi connectivity index (χ1v) is 13.5. The topological polar surface area (TPSA) is 6.48 Å². The molecule has 0 N–H and O–H groups in total. The van der Waals surface area contributed by atoms with Crippen LogP contribution in [0.4, 0.5) is 34.1 Å². The molecule has 2 aliphatic heterocycles. The minimum Gasteiger partial charge on any atom is -0.312 e. The molecular formula is C36H25BN2. The molecular weight excluding hydrogens is 471 g/mol. The fourth-order valence-corrected chi connectivity index (χ4v) is 6.53. The number of para-hydroxylation sites is 4. The van der Waals surface area contributed by atoms with E-state index in [9.17, 15) is 0 Å². The van der Waals surface area contributed by atoms with E-state index in [1.807, 2.05) is 0 Å². The number of hydrogen-bond donors (Lipinski definition) is 0. The molecule has 0 saturated carbocycles. The van der Waals surface area contributed by atoms with Crippen LogP contribution in [0.25, 0.3) is 11.1 Å². The lowest BCUT2D eigenvalue weighted by atomic mass is 9.36. The van der Waals surface area contributed by atoms with Gasteiger partial charge in [0.2, 0.25) is 0 Å². The second kappa shape index (κ2) is 8.78. The second-order valence-corrected chi connectivity index (χ2v) is 10.1. The van der Waals surface area contributed by atoms with Crippen LogP contribution < -0.4 is 26.2 Å². The Kier molecular flexibility index (Phi) is 4.96. The van der Waals surface area contributed by atoms with Gasteiger partial charge in [0.05, 0.1) is 0 Å². The van der Waals surface area contributed by atoms with Crippen LogP contribution in [0.1, 0.15) is 0 Å². The van der Waals surface area contributed by atoms with E-state index >= 15 is 0 Å². The summed E-state index contributed by atoms with van der Waals surface area (Å²) in [5.41, 5.74) is 14.0. The number of benzene rings is 6. The zero-order chi connectivity index (χ0) is 25.8. The molecule has 2 heterocycles. The quantitative estimate of drug-likeness (QED) is 0.234. The zero-order valence-corrected chi connectivity index (χ0v) is 21.4. The smallest absolute Gasteiger partial charge is 0.251 e. The molecule has 2 nitrogen and oxygen atoms in total. The normalized spacial score (nSPS) is 12.5. The minimum atomic E-state index is 0.147. The van der Waals surface area contributed by atoms with Crippen molar-refractivity contribution < 1.29 is 0 Å². The molecule has 2 aliphatic rings. The van der Waals surface area contributed by atoms with Gasteiger partial charge in [-0.3, -0.25) is 0 Å². The van der Waals surface area contributed by atoms with E-state index in [1.165, 1.54) is 50.3 Å². The zero-order valence-electron chi connectivity index (χ0n) is 21.4. The first kappa shape index (κ1) is 22.0. The van der Waals surface area contributed by atoms with Gasteiger partial charge < -0.3 is 9.80 Å². The number of hydrogen-bond acceptors (Lipinski definition) is 2. The molecule has 0 spiro atoms. The molecule has 8 rings (SSSR count). The third-order valence-corrected chi connectivity index (χ3v) is 8.05. The monoisotopic (exact) mass is 496 g/mol. The van der Waals surface area contributed by atoms with E-state index in [0.29, 0.717) is 0 Å². The highest BCUT2D eigenvalue weighted by atomic mass is 15.2. The summed E-state index contributed by atoms with van der Waals surface area (Å²) in [4.78, 5) is 4.85. The van der Waals surface area contributed by atoms with Crippen molar-refractivity contribution in [3.05, 3.63) is 152 Å². The van der Waals surface area contributed by atoms with Gasteiger partial charge in [-0.1, -0.05) is 97.1 Å². The van der Waals surface area contributed by atoms with Crippen molar-refractivity contribution in [1.29, 1.82) is 0 Å². The lowest BCUT2D eigenvalue weighted by molar-refractivity contribution is 1.29. The molecule has 6 aromatic rings. The molecule has 0 unspecified atom stereocenters. The Bertz CT molecular complexity index is 1780. The Morgan fingerprint density at radius 3 is 1.67 bits per heavy atom. The summed E-state index contributed by atoms with van der Waals surface area (Å²) in [5, 5.41) is 0. The maximum atomic E-state index is 2.43. The Balaban J connectivity index is 1.42. The number of anilines is 6. The summed E-state index contributed by atoms with van der Waals surface area (Å²) in [6.45, 7) is 0.147. The summed E-state index contributed by atoms with van der Waals surface area (Å²) in [7, 11) is 0. The maximum Gasteiger partial charge on any atom is 0.251 e. The number of rotatable bonds is 4. The maximum absolute atomic E-state index is 2.43. The van der Waals surface area contributed by atoms with Crippen molar-refractivity contribution in [2.45, 2.75) is 0 Å². The molecule has 182 valence electrons. The predicted molar refractivity (Wildman–Crippen MR) is 166 cm³/mol. The van der Waals surface area contributed by atoms with Crippen molar-refractivity contribution >= 4 is 57.2 Å². The van der Waals surface area contributed by atoms with Crippen LogP contribution in [0.3, 0.4) is 0 Å². The molecule has 0 saturated heterocycles. The average molecular weight is 496 g/mol. The first-order valence-electron chi connectivity index (χ1n) is 13.5. The van der Waals surface area contributed by atoms with Gasteiger partial charge in [-0.25, -0.2) is 0 Å². The van der Waals surface area contributed by atoms with E-state index < -0.39 is 0 Å². The summed E-state index contributed by atoms with van der Waals surface area (Å²) in [6, 6.07) is 54.7. The predicted octanol–water partition coefficient (Wildman–Crippen LogP) is 7.44. The first-order chi connectivity index (χ1) is 19.4. The fourth-order valence-electron chi connectivity index (χ4n) is 6.53. The van der Waals surface area contributed by atoms with Gasteiger partial charge in [-0.05, 0) is 82.1 Å². The van der Waals surface area contributed by atoms with Crippen molar-refractivity contribution in [3.63, 3.8) is 0 Å². The van der Waals surface area contributed by atoms with Crippen LogP contribution in [0, 0.1) is 0 Å². The summed E-state index contributed by atoms with van der Waals surface area (Å²) < 4.78 is 0. The third-order valence-electron chi connectivity index (χ3n) is 8.05. The van der Waals surface area contributed by atoms with Gasteiger partial charge in [-0.15, -0.1) is 0 Å². The van der Waals surface area contributed by atoms with Crippen LogP contribution in [-0.2, 0) is 0 Å². The summed E-state index contributed by atoms with van der Waals surface area (Å²) in [5.74, 6) is 0. The van der Waals surface area contributed by atoms with Crippen molar-refractivity contribution in [2.24, 2.45) is 0 Å². The average Bonchev–Trinajstić information content (AvgIpc) is 3.36. The third kappa shape index (κ3) is 3.30. The van der Waals surface area contributed by atoms with E-state index in [1.54, 1.807) is 0 Å². The van der Waals surface area contributed by atoms with Crippen molar-refractivity contribution in [2.75, 3.05) is 9.80 Å². The minimum absolute atomic E-state index is 0.147. The SMILES string of the molecule is c1ccc(N(c2ccccc2)c2cccc3c2B2c4ccccc4N(c4ccccc4)c4cccc-3c42)cc1. The summed E-state index contributed by atoms with van der Waals surface area (Å²) in [6.07, 6.45) is 0. The Labute approximate surface area is 229 Å². The highest BCUT2D eigenvalue weighted by Crippen LogP contribution is 2.43. The Morgan fingerprint density at radius 1 is 0.436 bits per heavy atom. The van der Waals surface area contributed by atoms with Gasteiger partial charge in [0.15, 0.2) is 0 Å². The van der Waals surface area contributed by atoms with Crippen LogP contribution >= 0.6 is 0 Å². The largest absolute Gasteiger partial charge is 0.312 e. The van der Waals surface area contributed by atoms with Gasteiger partial charge >= 0.3 is 0 Å². The Morgan fingerprint density at radius 2 is 0.974 bits per heavy atom. The molecule has 0 aromatic heterocycles. The van der Waals surface area contributed by atoms with E-state index in [4.69, 9.17) is 0 Å². The van der Waals surface area contributed by atoms with Crippen LogP contribution in [0.2, 0.25) is 0 Å². The molecule has 39 heavy (non-hydrogen) atoms. The highest BCUT2D eigenvalue weighted by molar-refractivity contribution is 7.02. The Hall–Kier alpha value is -5.02. The number of fused-ring (bicyclic) bond motifs is 5. The van der Waals surface area contributed by atoms with Crippen molar-refractivity contribution in [1.82, 2.24) is 0 Å². The molecule has 0 radical (unpaired) electrons. The molecule has 6 aromatic carbocycles. The lowest BCUT2D eigenvalue weighted by Crippen LogP contribution is -2.55.